The van der Waals surface area contributed by atoms with Gasteiger partial charge in [0.2, 0.25) is 0 Å². The molecule has 0 fully saturated rings. The van der Waals surface area contributed by atoms with Gasteiger partial charge in [0.15, 0.2) is 0 Å². The van der Waals surface area contributed by atoms with Crippen LogP contribution in [-0.4, -0.2) is 21.7 Å². The molecule has 0 unspecified atom stereocenters. The third kappa shape index (κ3) is 3.00. The van der Waals surface area contributed by atoms with Gasteiger partial charge >= 0.3 is 6.09 Å². The van der Waals surface area contributed by atoms with Gasteiger partial charge in [0.05, 0.1) is 11.0 Å². The van der Waals surface area contributed by atoms with E-state index in [1.807, 2.05) is 39.8 Å². The Morgan fingerprint density at radius 2 is 2.11 bits per heavy atom. The van der Waals surface area contributed by atoms with Crippen LogP contribution in [0.1, 0.15) is 26.6 Å². The summed E-state index contributed by atoms with van der Waals surface area (Å²) >= 11 is 0. The van der Waals surface area contributed by atoms with Crippen molar-refractivity contribution >= 4 is 22.8 Å². The van der Waals surface area contributed by atoms with E-state index in [4.69, 9.17) is 4.74 Å². The van der Waals surface area contributed by atoms with Crippen molar-refractivity contribution < 1.29 is 9.53 Å². The van der Waals surface area contributed by atoms with Crippen LogP contribution in [-0.2, 0) is 4.74 Å². The Labute approximate surface area is 106 Å². The van der Waals surface area contributed by atoms with Crippen LogP contribution in [0.15, 0.2) is 18.2 Å². The molecule has 2 N–H and O–H groups in total. The number of anilines is 1. The molecular formula is C13H17N3O2. The maximum absolute atomic E-state index is 11.6. The Bertz CT molecular complexity index is 581. The van der Waals surface area contributed by atoms with Gasteiger partial charge in [-0.1, -0.05) is 0 Å². The number of amides is 1. The maximum Gasteiger partial charge on any atom is 0.412 e. The second kappa shape index (κ2) is 4.33. The number of benzene rings is 1. The summed E-state index contributed by atoms with van der Waals surface area (Å²) in [6, 6.07) is 5.48. The van der Waals surface area contributed by atoms with E-state index in [0.29, 0.717) is 5.69 Å². The van der Waals surface area contributed by atoms with Crippen molar-refractivity contribution in [3.8, 4) is 0 Å². The highest BCUT2D eigenvalue weighted by Gasteiger charge is 2.16. The third-order valence-electron chi connectivity index (χ3n) is 2.25. The number of H-pyrrole nitrogens is 1. The Hall–Kier alpha value is -2.04. The van der Waals surface area contributed by atoms with Crippen molar-refractivity contribution in [3.05, 3.63) is 24.0 Å². The summed E-state index contributed by atoms with van der Waals surface area (Å²) in [6.45, 7) is 7.37. The standard InChI is InChI=1S/C13H17N3O2/c1-8-14-10-6-5-9(7-11(10)15-8)16-12(17)18-13(2,3)4/h5-7H,1-4H3,(H,14,15)(H,16,17). The number of imidazole rings is 1. The average molecular weight is 247 g/mol. The number of ether oxygens (including phenoxy) is 1. The van der Waals surface area contributed by atoms with E-state index in [9.17, 15) is 4.79 Å². The maximum atomic E-state index is 11.6. The fraction of sp³-hybridized carbons (Fsp3) is 0.385. The SMILES string of the molecule is Cc1nc2ccc(NC(=O)OC(C)(C)C)cc2[nH]1. The van der Waals surface area contributed by atoms with Crippen LogP contribution in [0, 0.1) is 6.92 Å². The predicted octanol–water partition coefficient (Wildman–Crippen LogP) is 3.22. The molecule has 0 radical (unpaired) electrons. The van der Waals surface area contributed by atoms with Crippen molar-refractivity contribution in [2.75, 3.05) is 5.32 Å². The topological polar surface area (TPSA) is 67.0 Å². The highest BCUT2D eigenvalue weighted by molar-refractivity contribution is 5.88. The molecular weight excluding hydrogens is 230 g/mol. The van der Waals surface area contributed by atoms with E-state index in [1.54, 1.807) is 6.07 Å². The molecule has 0 aliphatic carbocycles. The summed E-state index contributed by atoms with van der Waals surface area (Å²) in [4.78, 5) is 19.0. The molecule has 18 heavy (non-hydrogen) atoms. The van der Waals surface area contributed by atoms with Gasteiger partial charge in [0.1, 0.15) is 11.4 Å². The molecule has 1 amide bonds. The number of nitrogens with one attached hydrogen (secondary N) is 2. The lowest BCUT2D eigenvalue weighted by Crippen LogP contribution is -2.27. The van der Waals surface area contributed by atoms with Gasteiger partial charge in [-0.05, 0) is 45.9 Å². The number of hydrogen-bond acceptors (Lipinski definition) is 3. The Morgan fingerprint density at radius 3 is 2.78 bits per heavy atom. The Kier molecular flexibility index (Phi) is 2.98. The highest BCUT2D eigenvalue weighted by Crippen LogP contribution is 2.18. The first-order valence-corrected chi connectivity index (χ1v) is 5.80. The summed E-state index contributed by atoms with van der Waals surface area (Å²) in [7, 11) is 0. The average Bonchev–Trinajstić information content (AvgIpc) is 2.53. The van der Waals surface area contributed by atoms with Crippen molar-refractivity contribution in [1.82, 2.24) is 9.97 Å². The fourth-order valence-electron chi connectivity index (χ4n) is 1.64. The zero-order valence-corrected chi connectivity index (χ0v) is 11.0. The third-order valence-corrected chi connectivity index (χ3v) is 2.25. The minimum atomic E-state index is -0.501. The summed E-state index contributed by atoms with van der Waals surface area (Å²) in [5.41, 5.74) is 1.95. The molecule has 0 bridgehead atoms. The molecule has 1 heterocycles. The van der Waals surface area contributed by atoms with Crippen LogP contribution >= 0.6 is 0 Å². The second-order valence-corrected chi connectivity index (χ2v) is 5.18. The Balaban J connectivity index is 2.14. The largest absolute Gasteiger partial charge is 0.444 e. The molecule has 0 saturated heterocycles. The summed E-state index contributed by atoms with van der Waals surface area (Å²) in [5.74, 6) is 0.847. The smallest absolute Gasteiger partial charge is 0.412 e. The number of fused-ring (bicyclic) bond motifs is 1. The van der Waals surface area contributed by atoms with E-state index in [1.165, 1.54) is 0 Å². The molecule has 5 heteroatoms. The fourth-order valence-corrected chi connectivity index (χ4v) is 1.64. The summed E-state index contributed by atoms with van der Waals surface area (Å²) < 4.78 is 5.18. The van der Waals surface area contributed by atoms with E-state index < -0.39 is 11.7 Å². The predicted molar refractivity (Wildman–Crippen MR) is 70.7 cm³/mol. The zero-order valence-electron chi connectivity index (χ0n) is 11.0. The van der Waals surface area contributed by atoms with Crippen LogP contribution in [0.5, 0.6) is 0 Å². The molecule has 0 saturated carbocycles. The van der Waals surface area contributed by atoms with Gasteiger partial charge in [-0.2, -0.15) is 0 Å². The van der Waals surface area contributed by atoms with Gasteiger partial charge in [0, 0.05) is 5.69 Å². The minimum Gasteiger partial charge on any atom is -0.444 e. The highest BCUT2D eigenvalue weighted by atomic mass is 16.6. The lowest BCUT2D eigenvalue weighted by molar-refractivity contribution is 0.0636. The van der Waals surface area contributed by atoms with Crippen molar-refractivity contribution in [1.29, 1.82) is 0 Å². The molecule has 1 aromatic carbocycles. The number of hydrogen-bond donors (Lipinski definition) is 2. The number of aryl methyl sites for hydroxylation is 1. The first kappa shape index (κ1) is 12.4. The molecule has 0 spiro atoms. The van der Waals surface area contributed by atoms with E-state index in [2.05, 4.69) is 15.3 Å². The number of carbonyl (C=O) groups excluding carboxylic acids is 1. The zero-order chi connectivity index (χ0) is 13.3. The van der Waals surface area contributed by atoms with Crippen LogP contribution in [0.3, 0.4) is 0 Å². The number of carbonyl (C=O) groups is 1. The molecule has 0 aliphatic rings. The summed E-state index contributed by atoms with van der Waals surface area (Å²) in [6.07, 6.45) is -0.460. The van der Waals surface area contributed by atoms with Gasteiger partial charge in [-0.15, -0.1) is 0 Å². The number of aromatic nitrogens is 2. The molecule has 0 atom stereocenters. The molecule has 5 nitrogen and oxygen atoms in total. The van der Waals surface area contributed by atoms with E-state index in [-0.39, 0.29) is 0 Å². The van der Waals surface area contributed by atoms with Gasteiger partial charge in [-0.3, -0.25) is 5.32 Å². The molecule has 96 valence electrons. The van der Waals surface area contributed by atoms with Crippen LogP contribution in [0.4, 0.5) is 10.5 Å². The van der Waals surface area contributed by atoms with Gasteiger partial charge in [0.25, 0.3) is 0 Å². The molecule has 0 aliphatic heterocycles. The first-order valence-electron chi connectivity index (χ1n) is 5.80. The van der Waals surface area contributed by atoms with Gasteiger partial charge < -0.3 is 9.72 Å². The molecule has 2 rings (SSSR count). The molecule has 1 aromatic heterocycles. The van der Waals surface area contributed by atoms with Crippen molar-refractivity contribution in [2.45, 2.75) is 33.3 Å². The number of aromatic amines is 1. The van der Waals surface area contributed by atoms with Crippen LogP contribution in [0.2, 0.25) is 0 Å². The number of nitrogens with zero attached hydrogens (tertiary/aromatic N) is 1. The lowest BCUT2D eigenvalue weighted by Gasteiger charge is -2.19. The van der Waals surface area contributed by atoms with E-state index >= 15 is 0 Å². The van der Waals surface area contributed by atoms with Gasteiger partial charge in [-0.25, -0.2) is 9.78 Å². The second-order valence-electron chi connectivity index (χ2n) is 5.18. The van der Waals surface area contributed by atoms with Crippen molar-refractivity contribution in [3.63, 3.8) is 0 Å². The van der Waals surface area contributed by atoms with Crippen molar-refractivity contribution in [2.24, 2.45) is 0 Å². The van der Waals surface area contributed by atoms with Crippen LogP contribution in [0.25, 0.3) is 11.0 Å². The minimum absolute atomic E-state index is 0.460. The summed E-state index contributed by atoms with van der Waals surface area (Å²) in [5, 5.41) is 2.69. The normalized spacial score (nSPS) is 11.6. The van der Waals surface area contributed by atoms with E-state index in [0.717, 1.165) is 16.9 Å². The lowest BCUT2D eigenvalue weighted by atomic mass is 10.2. The monoisotopic (exact) mass is 247 g/mol. The quantitative estimate of drug-likeness (QED) is 0.813. The van der Waals surface area contributed by atoms with Crippen LogP contribution < -0.4 is 5.32 Å². The Morgan fingerprint density at radius 1 is 1.39 bits per heavy atom. The number of rotatable bonds is 1. The molecule has 2 aromatic rings. The first-order chi connectivity index (χ1) is 8.33.